The lowest BCUT2D eigenvalue weighted by Gasteiger charge is -2.37. The number of piperidine rings is 1. The third-order valence-corrected chi connectivity index (χ3v) is 7.54. The number of carbonyl (C=O) groups is 1. The van der Waals surface area contributed by atoms with Crippen molar-refractivity contribution in [3.05, 3.63) is 64.7 Å². The summed E-state index contributed by atoms with van der Waals surface area (Å²) in [5.41, 5.74) is 2.50. The first kappa shape index (κ1) is 21.5. The van der Waals surface area contributed by atoms with E-state index in [1.165, 1.54) is 11.1 Å². The molecule has 2 aromatic carbocycles. The molecule has 2 saturated heterocycles. The Labute approximate surface area is 188 Å². The summed E-state index contributed by atoms with van der Waals surface area (Å²) in [5.74, 6) is 3.13. The molecule has 0 saturated carbocycles. The predicted molar refractivity (Wildman–Crippen MR) is 124 cm³/mol. The number of hydrogen-bond donors (Lipinski definition) is 2. The van der Waals surface area contributed by atoms with Crippen LogP contribution in [-0.2, 0) is 10.5 Å². The Kier molecular flexibility index (Phi) is 7.24. The first-order valence-electron chi connectivity index (χ1n) is 10.6. The van der Waals surface area contributed by atoms with Crippen LogP contribution < -0.4 is 15.4 Å². The maximum Gasteiger partial charge on any atom is 0.225 e. The molecule has 2 heterocycles. The van der Waals surface area contributed by atoms with Gasteiger partial charge in [-0.2, -0.15) is 11.8 Å². The minimum Gasteiger partial charge on any atom is -0.497 e. The molecule has 30 heavy (non-hydrogen) atoms. The normalized spacial score (nSPS) is 25.1. The number of thioether (sulfide) groups is 1. The van der Waals surface area contributed by atoms with Gasteiger partial charge in [0.2, 0.25) is 5.91 Å². The van der Waals surface area contributed by atoms with Crippen LogP contribution in [0.15, 0.2) is 48.5 Å². The molecule has 4 atom stereocenters. The van der Waals surface area contributed by atoms with E-state index in [0.29, 0.717) is 12.6 Å². The van der Waals surface area contributed by atoms with Crippen LogP contribution in [0.5, 0.6) is 5.75 Å². The summed E-state index contributed by atoms with van der Waals surface area (Å²) in [6.07, 6.45) is 3.26. The number of nitrogens with one attached hydrogen (secondary N) is 2. The molecule has 4 rings (SSSR count). The van der Waals surface area contributed by atoms with Crippen LogP contribution in [0.25, 0.3) is 0 Å². The van der Waals surface area contributed by atoms with Gasteiger partial charge in [0, 0.05) is 35.2 Å². The first-order chi connectivity index (χ1) is 14.6. The van der Waals surface area contributed by atoms with Crippen molar-refractivity contribution in [3.8, 4) is 5.75 Å². The van der Waals surface area contributed by atoms with E-state index in [0.717, 1.165) is 41.5 Å². The Hall–Kier alpha value is -1.69. The van der Waals surface area contributed by atoms with E-state index in [9.17, 15) is 4.79 Å². The lowest BCUT2D eigenvalue weighted by Crippen LogP contribution is -2.51. The van der Waals surface area contributed by atoms with Crippen LogP contribution >= 0.6 is 23.4 Å². The summed E-state index contributed by atoms with van der Waals surface area (Å²) in [4.78, 5) is 13.1. The highest BCUT2D eigenvalue weighted by Gasteiger charge is 2.45. The topological polar surface area (TPSA) is 50.4 Å². The van der Waals surface area contributed by atoms with Crippen LogP contribution in [0.2, 0.25) is 5.02 Å². The van der Waals surface area contributed by atoms with Gasteiger partial charge in [-0.05, 0) is 60.6 Å². The lowest BCUT2D eigenvalue weighted by atomic mass is 9.76. The van der Waals surface area contributed by atoms with Gasteiger partial charge in [0.1, 0.15) is 5.75 Å². The molecule has 2 fully saturated rings. The zero-order valence-corrected chi connectivity index (χ0v) is 18.8. The SMILES string of the molecule is COc1ccc(CSCCNC(=O)C2C(c3ccc(Cl)cc3)CC3CC[C@H]2N3)cc1. The molecule has 2 aliphatic rings. The fourth-order valence-electron chi connectivity index (χ4n) is 4.75. The monoisotopic (exact) mass is 444 g/mol. The Morgan fingerprint density at radius 2 is 1.93 bits per heavy atom. The number of fused-ring (bicyclic) bond motifs is 2. The van der Waals surface area contributed by atoms with E-state index in [1.54, 1.807) is 7.11 Å². The van der Waals surface area contributed by atoms with Gasteiger partial charge in [0.25, 0.3) is 0 Å². The standard InChI is InChI=1S/C24H29ClN2O2S/c1-29-20-9-2-16(3-10-20)15-30-13-12-26-24(28)23-21(14-19-8-11-22(23)27-19)17-4-6-18(25)7-5-17/h2-7,9-10,19,21-23,27H,8,11-15H2,1H3,(H,26,28)/t19?,21?,22-,23?/m1/s1. The highest BCUT2D eigenvalue weighted by Crippen LogP contribution is 2.42. The lowest BCUT2D eigenvalue weighted by molar-refractivity contribution is -0.127. The number of hydrogen-bond acceptors (Lipinski definition) is 4. The van der Waals surface area contributed by atoms with Crippen molar-refractivity contribution < 1.29 is 9.53 Å². The second kappa shape index (κ2) is 10.1. The van der Waals surface area contributed by atoms with Crippen LogP contribution in [0.4, 0.5) is 0 Å². The minimum atomic E-state index is -0.0171. The van der Waals surface area contributed by atoms with Gasteiger partial charge in [-0.1, -0.05) is 35.9 Å². The number of methoxy groups -OCH3 is 1. The van der Waals surface area contributed by atoms with Crippen LogP contribution in [0, 0.1) is 5.92 Å². The molecule has 6 heteroatoms. The van der Waals surface area contributed by atoms with Crippen molar-refractivity contribution in [2.75, 3.05) is 19.4 Å². The van der Waals surface area contributed by atoms with Gasteiger partial charge in [-0.25, -0.2) is 0 Å². The third kappa shape index (κ3) is 5.13. The second-order valence-electron chi connectivity index (χ2n) is 8.16. The largest absolute Gasteiger partial charge is 0.497 e. The van der Waals surface area contributed by atoms with Gasteiger partial charge < -0.3 is 15.4 Å². The van der Waals surface area contributed by atoms with Crippen LogP contribution in [0.1, 0.15) is 36.3 Å². The van der Waals surface area contributed by atoms with Crippen LogP contribution in [0.3, 0.4) is 0 Å². The first-order valence-corrected chi connectivity index (χ1v) is 12.2. The summed E-state index contributed by atoms with van der Waals surface area (Å²) in [5, 5.41) is 7.61. The molecular weight excluding hydrogens is 416 g/mol. The summed E-state index contributed by atoms with van der Waals surface area (Å²) < 4.78 is 5.20. The van der Waals surface area contributed by atoms with Crippen LogP contribution in [-0.4, -0.2) is 37.4 Å². The van der Waals surface area contributed by atoms with E-state index in [2.05, 4.69) is 34.9 Å². The van der Waals surface area contributed by atoms with E-state index in [1.807, 2.05) is 36.0 Å². The van der Waals surface area contributed by atoms with E-state index < -0.39 is 0 Å². The molecule has 0 aliphatic carbocycles. The summed E-state index contributed by atoms with van der Waals surface area (Å²) in [6, 6.07) is 17.0. The molecule has 3 unspecified atom stereocenters. The molecule has 2 N–H and O–H groups in total. The van der Waals surface area contributed by atoms with Gasteiger partial charge in [0.15, 0.2) is 0 Å². The van der Waals surface area contributed by atoms with Crippen molar-refractivity contribution in [2.24, 2.45) is 5.92 Å². The smallest absolute Gasteiger partial charge is 0.225 e. The van der Waals surface area contributed by atoms with Crippen molar-refractivity contribution >= 4 is 29.3 Å². The predicted octanol–water partition coefficient (Wildman–Crippen LogP) is 4.62. The Bertz CT molecular complexity index is 843. The molecule has 2 aliphatic heterocycles. The number of amides is 1. The molecule has 160 valence electrons. The summed E-state index contributed by atoms with van der Waals surface area (Å²) >= 11 is 7.91. The maximum absolute atomic E-state index is 13.1. The molecule has 2 bridgehead atoms. The Balaban J connectivity index is 1.30. The fraction of sp³-hybridized carbons (Fsp3) is 0.458. The molecule has 0 spiro atoms. The zero-order valence-electron chi connectivity index (χ0n) is 17.3. The van der Waals surface area contributed by atoms with Gasteiger partial charge in [-0.15, -0.1) is 0 Å². The zero-order chi connectivity index (χ0) is 20.9. The summed E-state index contributed by atoms with van der Waals surface area (Å²) in [6.45, 7) is 0.694. The number of ether oxygens (including phenoxy) is 1. The van der Waals surface area contributed by atoms with E-state index in [-0.39, 0.29) is 23.8 Å². The van der Waals surface area contributed by atoms with Crippen molar-refractivity contribution in [1.82, 2.24) is 10.6 Å². The van der Waals surface area contributed by atoms with Gasteiger partial charge >= 0.3 is 0 Å². The Morgan fingerprint density at radius 1 is 1.17 bits per heavy atom. The number of halogens is 1. The average Bonchev–Trinajstić information content (AvgIpc) is 3.15. The highest BCUT2D eigenvalue weighted by molar-refractivity contribution is 7.98. The average molecular weight is 445 g/mol. The number of carbonyl (C=O) groups excluding carboxylic acids is 1. The van der Waals surface area contributed by atoms with E-state index >= 15 is 0 Å². The van der Waals surface area contributed by atoms with Gasteiger partial charge in [-0.3, -0.25) is 4.79 Å². The molecular formula is C24H29ClN2O2S. The molecule has 4 nitrogen and oxygen atoms in total. The van der Waals surface area contributed by atoms with Gasteiger partial charge in [0.05, 0.1) is 13.0 Å². The van der Waals surface area contributed by atoms with Crippen molar-refractivity contribution in [3.63, 3.8) is 0 Å². The Morgan fingerprint density at radius 3 is 2.67 bits per heavy atom. The molecule has 0 radical (unpaired) electrons. The number of rotatable bonds is 8. The van der Waals surface area contributed by atoms with Crippen molar-refractivity contribution in [1.29, 1.82) is 0 Å². The fourth-order valence-corrected chi connectivity index (χ4v) is 5.69. The molecule has 2 aromatic rings. The van der Waals surface area contributed by atoms with E-state index in [4.69, 9.17) is 16.3 Å². The quantitative estimate of drug-likeness (QED) is 0.583. The maximum atomic E-state index is 13.1. The van der Waals surface area contributed by atoms with Crippen molar-refractivity contribution in [2.45, 2.75) is 43.0 Å². The second-order valence-corrected chi connectivity index (χ2v) is 9.70. The third-order valence-electron chi connectivity index (χ3n) is 6.26. The highest BCUT2D eigenvalue weighted by atomic mass is 35.5. The molecule has 0 aromatic heterocycles. The minimum absolute atomic E-state index is 0.0171. The summed E-state index contributed by atoms with van der Waals surface area (Å²) in [7, 11) is 1.68. The number of benzene rings is 2. The molecule has 1 amide bonds.